The molecule has 0 fully saturated rings. The van der Waals surface area contributed by atoms with Gasteiger partial charge in [0.1, 0.15) is 4.47 Å². The molecule has 0 radical (unpaired) electrons. The van der Waals surface area contributed by atoms with Crippen LogP contribution < -0.4 is 5.46 Å². The zero-order valence-corrected chi connectivity index (χ0v) is 37.1. The maximum atomic E-state index is 11.9. The molecule has 10 rings (SSSR count). The van der Waals surface area contributed by atoms with Crippen LogP contribution in [0.5, 0.6) is 0 Å². The molecular formula is C50H38BBrCl2N2O6. The molecule has 0 atom stereocenters. The van der Waals surface area contributed by atoms with E-state index in [1.165, 1.54) is 51.1 Å². The number of nitro benzene ring substituents is 2. The fourth-order valence-corrected chi connectivity index (χ4v) is 10.1. The molecule has 2 N–H and O–H groups in total. The third-order valence-corrected chi connectivity index (χ3v) is 13.5. The van der Waals surface area contributed by atoms with Crippen LogP contribution in [0.25, 0.3) is 54.9 Å². The Morgan fingerprint density at radius 1 is 0.516 bits per heavy atom. The van der Waals surface area contributed by atoms with E-state index in [-0.39, 0.29) is 27.1 Å². The number of nitro groups is 2. The summed E-state index contributed by atoms with van der Waals surface area (Å²) in [6, 6.07) is 46.3. The van der Waals surface area contributed by atoms with Gasteiger partial charge in [0, 0.05) is 39.1 Å². The maximum Gasteiger partial charge on any atom is 0.488 e. The smallest absolute Gasteiger partial charge is 0.423 e. The highest BCUT2D eigenvalue weighted by Gasteiger charge is 2.37. The molecule has 12 heteroatoms. The van der Waals surface area contributed by atoms with Crippen molar-refractivity contribution in [2.24, 2.45) is 0 Å². The van der Waals surface area contributed by atoms with E-state index in [2.05, 4.69) is 92.2 Å². The third-order valence-electron chi connectivity index (χ3n) is 12.1. The van der Waals surface area contributed by atoms with Crippen molar-refractivity contribution in [2.45, 2.75) is 38.5 Å². The molecule has 8 aromatic carbocycles. The van der Waals surface area contributed by atoms with E-state index in [0.29, 0.717) is 25.5 Å². The summed E-state index contributed by atoms with van der Waals surface area (Å²) in [5.74, 6) is 0. The molecule has 8 aromatic rings. The van der Waals surface area contributed by atoms with Crippen LogP contribution in [0.2, 0.25) is 10.0 Å². The summed E-state index contributed by atoms with van der Waals surface area (Å²) in [4.78, 5) is 21.8. The molecule has 8 nitrogen and oxygen atoms in total. The molecule has 0 aromatic heterocycles. The number of nitrogens with zero attached hydrogens (tertiary/aromatic N) is 2. The third kappa shape index (κ3) is 7.35. The van der Waals surface area contributed by atoms with Crippen molar-refractivity contribution in [3.63, 3.8) is 0 Å². The van der Waals surface area contributed by atoms with Gasteiger partial charge in [0.2, 0.25) is 0 Å². The van der Waals surface area contributed by atoms with Crippen LogP contribution >= 0.6 is 39.1 Å². The van der Waals surface area contributed by atoms with Gasteiger partial charge in [-0.1, -0.05) is 178 Å². The fraction of sp³-hybridized carbons (Fsp3) is 0.120. The van der Waals surface area contributed by atoms with Crippen molar-refractivity contribution in [1.82, 2.24) is 0 Å². The molecule has 308 valence electrons. The first kappa shape index (κ1) is 42.8. The van der Waals surface area contributed by atoms with Crippen molar-refractivity contribution in [3.8, 4) is 33.4 Å². The summed E-state index contributed by atoms with van der Waals surface area (Å²) >= 11 is 15.5. The summed E-state index contributed by atoms with van der Waals surface area (Å²) in [5.41, 5.74) is 11.5. The molecular weight excluding hydrogens is 886 g/mol. The highest BCUT2D eigenvalue weighted by Crippen LogP contribution is 2.51. The van der Waals surface area contributed by atoms with Crippen LogP contribution in [0.3, 0.4) is 0 Å². The Morgan fingerprint density at radius 3 is 1.47 bits per heavy atom. The Bertz CT molecular complexity index is 3140. The van der Waals surface area contributed by atoms with E-state index in [4.69, 9.17) is 23.2 Å². The van der Waals surface area contributed by atoms with Crippen LogP contribution in [0.4, 0.5) is 11.4 Å². The minimum atomic E-state index is -1.41. The molecule has 0 bridgehead atoms. The van der Waals surface area contributed by atoms with Crippen LogP contribution in [-0.2, 0) is 10.8 Å². The lowest BCUT2D eigenvalue weighted by molar-refractivity contribution is -0.385. The zero-order chi connectivity index (χ0) is 44.2. The molecule has 2 aliphatic carbocycles. The van der Waals surface area contributed by atoms with Crippen molar-refractivity contribution in [3.05, 3.63) is 203 Å². The van der Waals surface area contributed by atoms with Crippen molar-refractivity contribution in [1.29, 1.82) is 0 Å². The van der Waals surface area contributed by atoms with Gasteiger partial charge in [-0.05, 0) is 82.9 Å². The molecule has 0 amide bonds. The minimum Gasteiger partial charge on any atom is -0.423 e. The zero-order valence-electron chi connectivity index (χ0n) is 34.0. The average molecular weight is 924 g/mol. The first-order valence-corrected chi connectivity index (χ1v) is 21.3. The lowest BCUT2D eigenvalue weighted by atomic mass is 9.75. The maximum absolute atomic E-state index is 11.9. The molecule has 0 aliphatic heterocycles. The Kier molecular flexibility index (Phi) is 11.3. The number of rotatable bonds is 4. The highest BCUT2D eigenvalue weighted by molar-refractivity contribution is 9.10. The van der Waals surface area contributed by atoms with Crippen LogP contribution in [0, 0.1) is 20.2 Å². The lowest BCUT2D eigenvalue weighted by Gasteiger charge is -2.22. The van der Waals surface area contributed by atoms with Gasteiger partial charge in [-0.15, -0.1) is 0 Å². The summed E-state index contributed by atoms with van der Waals surface area (Å²) in [6.07, 6.45) is 0. The second-order valence-electron chi connectivity index (χ2n) is 16.3. The monoisotopic (exact) mass is 922 g/mol. The molecule has 0 unspecified atom stereocenters. The van der Waals surface area contributed by atoms with Crippen LogP contribution in [-0.4, -0.2) is 27.0 Å². The van der Waals surface area contributed by atoms with E-state index in [9.17, 15) is 30.3 Å². The van der Waals surface area contributed by atoms with E-state index in [1.807, 2.05) is 72.8 Å². The Labute approximate surface area is 377 Å². The predicted molar refractivity (Wildman–Crippen MR) is 256 cm³/mol. The van der Waals surface area contributed by atoms with Crippen molar-refractivity contribution < 1.29 is 19.9 Å². The number of fused-ring (bicyclic) bond motifs is 8. The van der Waals surface area contributed by atoms with Gasteiger partial charge in [-0.25, -0.2) is 0 Å². The summed E-state index contributed by atoms with van der Waals surface area (Å²) in [6.45, 7) is 8.75. The molecule has 2 aliphatic rings. The average Bonchev–Trinajstić information content (AvgIpc) is 3.64. The Balaban J connectivity index is 0.000000138. The molecule has 0 heterocycles. The van der Waals surface area contributed by atoms with Gasteiger partial charge < -0.3 is 10.0 Å². The normalized spacial score (nSPS) is 13.4. The largest absolute Gasteiger partial charge is 0.488 e. The van der Waals surface area contributed by atoms with E-state index < -0.39 is 12.0 Å². The molecule has 0 saturated carbocycles. The SMILES string of the molecule is CC1(C)c2ccccc2-c2ccc(-c3c([N+](=O)[O-])cc(Cl)c4ccccc34)cc21.CC1(C)c2ccccc2-c2ccc(B(O)O)cc21.O=[N+]([O-])c1cc(Cl)c2ccccc2c1Br. The van der Waals surface area contributed by atoms with Crippen LogP contribution in [0.1, 0.15) is 49.9 Å². The summed E-state index contributed by atoms with van der Waals surface area (Å²) in [7, 11) is -1.41. The number of hydrogen-bond donors (Lipinski definition) is 2. The quantitative estimate of drug-likeness (QED) is 0.103. The van der Waals surface area contributed by atoms with E-state index >= 15 is 0 Å². The number of hydrogen-bond acceptors (Lipinski definition) is 6. The number of benzene rings is 8. The van der Waals surface area contributed by atoms with E-state index in [0.717, 1.165) is 32.7 Å². The van der Waals surface area contributed by atoms with E-state index in [1.54, 1.807) is 12.1 Å². The standard InChI is InChI=1S/C25H18ClNO2.C15H15BO2.C10H5BrClNO2/c1-25(2)20-10-6-5-7-16(20)17-12-11-15(13-21(17)25)24-19-9-4-3-8-18(19)22(26)14-23(24)27(28)29;1-15(2)13-6-4-3-5-11(13)12-8-7-10(16(17)18)9-14(12)15;11-10-7-4-2-1-3-6(7)8(12)5-9(10)13(14)15/h3-14H,1-2H3;3-9,17-18H,1-2H3;1-5H. The first-order chi connectivity index (χ1) is 29.5. The molecule has 0 spiro atoms. The van der Waals surface area contributed by atoms with Gasteiger partial charge in [-0.3, -0.25) is 20.2 Å². The topological polar surface area (TPSA) is 127 Å². The Hall–Kier alpha value is -5.88. The van der Waals surface area contributed by atoms with Gasteiger partial charge >= 0.3 is 7.12 Å². The fourth-order valence-electron chi connectivity index (χ4n) is 8.92. The second kappa shape index (κ2) is 16.4. The first-order valence-electron chi connectivity index (χ1n) is 19.7. The van der Waals surface area contributed by atoms with Gasteiger partial charge in [0.15, 0.2) is 0 Å². The molecule has 62 heavy (non-hydrogen) atoms. The second-order valence-corrected chi connectivity index (χ2v) is 17.9. The Morgan fingerprint density at radius 2 is 0.935 bits per heavy atom. The lowest BCUT2D eigenvalue weighted by Crippen LogP contribution is -2.31. The summed E-state index contributed by atoms with van der Waals surface area (Å²) < 4.78 is 0.465. The van der Waals surface area contributed by atoms with Crippen LogP contribution in [0.15, 0.2) is 150 Å². The highest BCUT2D eigenvalue weighted by atomic mass is 79.9. The predicted octanol–water partition coefficient (Wildman–Crippen LogP) is 13.2. The number of halogens is 3. The van der Waals surface area contributed by atoms with Gasteiger partial charge in [-0.2, -0.15) is 0 Å². The molecule has 0 saturated heterocycles. The minimum absolute atomic E-state index is 0.0151. The van der Waals surface area contributed by atoms with Crippen molar-refractivity contribution >= 4 is 84.6 Å². The van der Waals surface area contributed by atoms with Crippen molar-refractivity contribution in [2.75, 3.05) is 0 Å². The van der Waals surface area contributed by atoms with Gasteiger partial charge in [0.05, 0.1) is 25.5 Å². The van der Waals surface area contributed by atoms with Gasteiger partial charge in [0.25, 0.3) is 11.4 Å². The summed E-state index contributed by atoms with van der Waals surface area (Å²) in [5, 5.41) is 45.1.